The lowest BCUT2D eigenvalue weighted by molar-refractivity contribution is -0.116. The van der Waals surface area contributed by atoms with Gasteiger partial charge in [-0.2, -0.15) is 0 Å². The van der Waals surface area contributed by atoms with Crippen LogP contribution in [0.15, 0.2) is 180 Å². The van der Waals surface area contributed by atoms with Gasteiger partial charge in [-0.1, -0.05) is 139 Å². The normalized spacial score (nSPS) is 11.7. The Morgan fingerprint density at radius 3 is 2.07 bits per heavy atom. The summed E-state index contributed by atoms with van der Waals surface area (Å²) in [6.07, 6.45) is 1.65. The molecule has 0 aliphatic carbocycles. The lowest BCUT2D eigenvalue weighted by atomic mass is 10.0. The number of carbonyl (C=O) groups is 3. The Morgan fingerprint density at radius 1 is 0.691 bits per heavy atom. The van der Waals surface area contributed by atoms with Gasteiger partial charge in [-0.25, -0.2) is 4.98 Å². The van der Waals surface area contributed by atoms with E-state index in [-0.39, 0.29) is 11.6 Å². The summed E-state index contributed by atoms with van der Waals surface area (Å²) >= 11 is 9.05. The van der Waals surface area contributed by atoms with Gasteiger partial charge in [0.2, 0.25) is 5.91 Å². The maximum atomic E-state index is 13.9. The molecule has 0 aliphatic heterocycles. The van der Waals surface area contributed by atoms with Crippen molar-refractivity contribution in [3.63, 3.8) is 0 Å². The number of halogens is 1. The van der Waals surface area contributed by atoms with Crippen LogP contribution in [-0.2, 0) is 9.59 Å². The topological polar surface area (TPSA) is 100 Å². The zero-order chi connectivity index (χ0) is 38.0. The first-order valence-electron chi connectivity index (χ1n) is 17.3. The molecule has 0 aliphatic rings. The van der Waals surface area contributed by atoms with Crippen LogP contribution in [0.1, 0.15) is 26.7 Å². The fraction of sp³-hybridized carbons (Fsp3) is 0.0222. The molecule has 0 saturated carbocycles. The standard InChI is InChI=1S/C45H33ClN4O3S2/c46-38-22-11-10-21-37(38)40-29-54-45(49-40)50-44(53)41(33-15-6-2-7-16-33)55-36-20-12-19-35(28-36)47-43(52)39(48-42(51)34-17-8-3-9-18-34)27-30-23-25-32(26-24-30)31-13-4-1-5-14-31/h1-29,41H,(H,47,52)(H,48,51)(H,49,50,53)/b39-27+. The number of thiazole rings is 1. The second-order valence-electron chi connectivity index (χ2n) is 12.3. The molecule has 1 atom stereocenters. The molecule has 10 heteroatoms. The Hall–Kier alpha value is -6.26. The molecule has 0 spiro atoms. The smallest absolute Gasteiger partial charge is 0.272 e. The summed E-state index contributed by atoms with van der Waals surface area (Å²) in [5, 5.41) is 11.0. The molecule has 7 nitrogen and oxygen atoms in total. The van der Waals surface area contributed by atoms with Crippen LogP contribution >= 0.6 is 34.7 Å². The summed E-state index contributed by atoms with van der Waals surface area (Å²) in [5.41, 5.74) is 6.08. The number of amides is 3. The molecule has 7 rings (SSSR count). The van der Waals surface area contributed by atoms with Crippen LogP contribution in [0.4, 0.5) is 10.8 Å². The average molecular weight is 777 g/mol. The van der Waals surface area contributed by atoms with E-state index < -0.39 is 17.1 Å². The lowest BCUT2D eigenvalue weighted by Gasteiger charge is -2.17. The minimum atomic E-state index is -0.640. The average Bonchev–Trinajstić information content (AvgIpc) is 3.69. The van der Waals surface area contributed by atoms with Crippen LogP contribution in [0, 0.1) is 0 Å². The monoisotopic (exact) mass is 776 g/mol. The van der Waals surface area contributed by atoms with Gasteiger partial charge in [0.15, 0.2) is 5.13 Å². The van der Waals surface area contributed by atoms with E-state index in [1.807, 2.05) is 127 Å². The number of hydrogen-bond donors (Lipinski definition) is 3. The third-order valence-corrected chi connectivity index (χ3v) is 10.8. The number of benzene rings is 6. The van der Waals surface area contributed by atoms with Gasteiger partial charge < -0.3 is 16.0 Å². The minimum Gasteiger partial charge on any atom is -0.321 e. The first-order chi connectivity index (χ1) is 26.9. The third-order valence-electron chi connectivity index (χ3n) is 8.43. The van der Waals surface area contributed by atoms with E-state index in [9.17, 15) is 14.4 Å². The summed E-state index contributed by atoms with van der Waals surface area (Å²) in [6.45, 7) is 0. The Bertz CT molecular complexity index is 2460. The highest BCUT2D eigenvalue weighted by Gasteiger charge is 2.24. The minimum absolute atomic E-state index is 0.0699. The second kappa shape index (κ2) is 17.7. The second-order valence-corrected chi connectivity index (χ2v) is 14.7. The largest absolute Gasteiger partial charge is 0.321 e. The zero-order valence-corrected chi connectivity index (χ0v) is 31.6. The molecule has 0 radical (unpaired) electrons. The maximum absolute atomic E-state index is 13.9. The number of carbonyl (C=O) groups excluding carboxylic acids is 3. The van der Waals surface area contributed by atoms with E-state index >= 15 is 0 Å². The van der Waals surface area contributed by atoms with Crippen molar-refractivity contribution >= 4 is 69.3 Å². The van der Waals surface area contributed by atoms with Crippen molar-refractivity contribution in [1.82, 2.24) is 10.3 Å². The van der Waals surface area contributed by atoms with Crippen molar-refractivity contribution in [1.29, 1.82) is 0 Å². The van der Waals surface area contributed by atoms with Crippen LogP contribution in [0.2, 0.25) is 5.02 Å². The summed E-state index contributed by atoms with van der Waals surface area (Å²) in [4.78, 5) is 46.4. The van der Waals surface area contributed by atoms with E-state index in [1.54, 1.807) is 48.5 Å². The van der Waals surface area contributed by atoms with Gasteiger partial charge in [0, 0.05) is 32.1 Å². The number of nitrogens with zero attached hydrogens (tertiary/aromatic N) is 1. The Kier molecular flexibility index (Phi) is 11.9. The van der Waals surface area contributed by atoms with Gasteiger partial charge in [0.25, 0.3) is 11.8 Å². The Morgan fingerprint density at radius 2 is 1.35 bits per heavy atom. The highest BCUT2D eigenvalue weighted by molar-refractivity contribution is 8.00. The van der Waals surface area contributed by atoms with Crippen molar-refractivity contribution in [3.05, 3.63) is 197 Å². The van der Waals surface area contributed by atoms with E-state index in [2.05, 4.69) is 20.9 Å². The quantitative estimate of drug-likeness (QED) is 0.0847. The Balaban J connectivity index is 1.11. The molecule has 0 fully saturated rings. The molecular weight excluding hydrogens is 744 g/mol. The van der Waals surface area contributed by atoms with Crippen molar-refractivity contribution in [3.8, 4) is 22.4 Å². The van der Waals surface area contributed by atoms with Crippen LogP contribution in [0.25, 0.3) is 28.5 Å². The fourth-order valence-corrected chi connectivity index (χ4v) is 7.72. The highest BCUT2D eigenvalue weighted by Crippen LogP contribution is 2.38. The van der Waals surface area contributed by atoms with Gasteiger partial charge in [0.05, 0.1) is 5.69 Å². The first kappa shape index (κ1) is 37.1. The Labute approximate surface area is 332 Å². The van der Waals surface area contributed by atoms with Crippen molar-refractivity contribution in [2.45, 2.75) is 10.1 Å². The number of rotatable bonds is 12. The molecule has 1 unspecified atom stereocenters. The van der Waals surface area contributed by atoms with Gasteiger partial charge in [-0.3, -0.25) is 14.4 Å². The summed E-state index contributed by atoms with van der Waals surface area (Å²) in [5.74, 6) is -1.17. The summed E-state index contributed by atoms with van der Waals surface area (Å²) in [6, 6.07) is 50.6. The van der Waals surface area contributed by atoms with Gasteiger partial charge in [-0.05, 0) is 64.7 Å². The fourth-order valence-electron chi connectivity index (χ4n) is 5.69. The van der Waals surface area contributed by atoms with Gasteiger partial charge >= 0.3 is 0 Å². The SMILES string of the molecule is O=C(Nc1cccc(SC(C(=O)Nc2nc(-c3ccccc3Cl)cs2)c2ccccc2)c1)/C(=C\c1ccc(-c2ccccc2)cc1)NC(=O)c1ccccc1. The number of hydrogen-bond acceptors (Lipinski definition) is 6. The van der Waals surface area contributed by atoms with Crippen molar-refractivity contribution in [2.24, 2.45) is 0 Å². The van der Waals surface area contributed by atoms with Crippen LogP contribution in [0.3, 0.4) is 0 Å². The lowest BCUT2D eigenvalue weighted by Crippen LogP contribution is -2.30. The third kappa shape index (κ3) is 9.65. The molecule has 1 heterocycles. The molecule has 1 aromatic heterocycles. The van der Waals surface area contributed by atoms with E-state index in [1.165, 1.54) is 23.1 Å². The summed E-state index contributed by atoms with van der Waals surface area (Å²) in [7, 11) is 0. The number of nitrogens with one attached hydrogen (secondary N) is 3. The number of aromatic nitrogens is 1. The van der Waals surface area contributed by atoms with Gasteiger partial charge in [0.1, 0.15) is 10.9 Å². The molecule has 0 bridgehead atoms. The van der Waals surface area contributed by atoms with E-state index in [4.69, 9.17) is 11.6 Å². The number of thioether (sulfide) groups is 1. The molecule has 3 amide bonds. The molecule has 0 saturated heterocycles. The molecule has 55 heavy (non-hydrogen) atoms. The molecule has 6 aromatic carbocycles. The van der Waals surface area contributed by atoms with Gasteiger partial charge in [-0.15, -0.1) is 23.1 Å². The van der Waals surface area contributed by atoms with Crippen molar-refractivity contribution in [2.75, 3.05) is 10.6 Å². The van der Waals surface area contributed by atoms with Crippen molar-refractivity contribution < 1.29 is 14.4 Å². The highest BCUT2D eigenvalue weighted by atomic mass is 35.5. The maximum Gasteiger partial charge on any atom is 0.272 e. The van der Waals surface area contributed by atoms with Crippen LogP contribution < -0.4 is 16.0 Å². The van der Waals surface area contributed by atoms with E-state index in [0.717, 1.165) is 32.7 Å². The first-order valence-corrected chi connectivity index (χ1v) is 19.4. The van der Waals surface area contributed by atoms with Crippen LogP contribution in [-0.4, -0.2) is 22.7 Å². The summed E-state index contributed by atoms with van der Waals surface area (Å²) < 4.78 is 0. The predicted octanol–water partition coefficient (Wildman–Crippen LogP) is 11.0. The molecular formula is C45H33ClN4O3S2. The van der Waals surface area contributed by atoms with Crippen LogP contribution in [0.5, 0.6) is 0 Å². The number of anilines is 2. The molecule has 7 aromatic rings. The molecule has 3 N–H and O–H groups in total. The van der Waals surface area contributed by atoms with E-state index in [0.29, 0.717) is 27.1 Å². The predicted molar refractivity (Wildman–Crippen MR) is 225 cm³/mol. The molecule has 270 valence electrons. The zero-order valence-electron chi connectivity index (χ0n) is 29.2.